The highest BCUT2D eigenvalue weighted by atomic mass is 19.1. The van der Waals surface area contributed by atoms with Gasteiger partial charge in [-0.05, 0) is 30.4 Å². The fourth-order valence-corrected chi connectivity index (χ4v) is 2.23. The third kappa shape index (κ3) is 2.87. The molecule has 0 saturated carbocycles. The molecule has 0 unspecified atom stereocenters. The number of nitrogens with zero attached hydrogens (tertiary/aromatic N) is 1. The second kappa shape index (κ2) is 6.33. The number of amides is 1. The van der Waals surface area contributed by atoms with Crippen molar-refractivity contribution in [3.8, 4) is 0 Å². The highest BCUT2D eigenvalue weighted by Gasteiger charge is 2.15. The molecule has 3 heteroatoms. The van der Waals surface area contributed by atoms with Crippen LogP contribution in [-0.2, 0) is 0 Å². The Kier molecular flexibility index (Phi) is 4.51. The van der Waals surface area contributed by atoms with Crippen molar-refractivity contribution in [2.45, 2.75) is 12.8 Å². The van der Waals surface area contributed by atoms with Crippen molar-refractivity contribution in [3.63, 3.8) is 0 Å². The second-order valence-corrected chi connectivity index (χ2v) is 4.80. The summed E-state index contributed by atoms with van der Waals surface area (Å²) in [6, 6.07) is 9.98. The zero-order valence-electron chi connectivity index (χ0n) is 11.6. The summed E-state index contributed by atoms with van der Waals surface area (Å²) in [5, 5.41) is 1.14. The van der Waals surface area contributed by atoms with Gasteiger partial charge in [0.2, 0.25) is 0 Å². The first-order valence-corrected chi connectivity index (χ1v) is 6.68. The quantitative estimate of drug-likeness (QED) is 0.594. The minimum atomic E-state index is -0.300. The molecular weight excluding hydrogens is 253 g/mol. The van der Waals surface area contributed by atoms with Crippen molar-refractivity contribution in [2.24, 2.45) is 0 Å². The first-order chi connectivity index (χ1) is 9.65. The van der Waals surface area contributed by atoms with Crippen LogP contribution in [0.15, 0.2) is 49.1 Å². The number of rotatable bonds is 5. The minimum Gasteiger partial charge on any atom is -0.342 e. The molecule has 2 rings (SSSR count). The molecule has 0 N–H and O–H groups in total. The molecule has 0 saturated heterocycles. The van der Waals surface area contributed by atoms with Crippen molar-refractivity contribution < 1.29 is 9.18 Å². The van der Waals surface area contributed by atoms with E-state index in [0.717, 1.165) is 12.8 Å². The zero-order chi connectivity index (χ0) is 14.5. The van der Waals surface area contributed by atoms with E-state index in [1.807, 2.05) is 12.1 Å². The van der Waals surface area contributed by atoms with E-state index in [-0.39, 0.29) is 11.7 Å². The molecule has 0 atom stereocenters. The Morgan fingerprint density at radius 3 is 2.65 bits per heavy atom. The van der Waals surface area contributed by atoms with E-state index in [2.05, 4.69) is 6.58 Å². The molecule has 0 spiro atoms. The van der Waals surface area contributed by atoms with Gasteiger partial charge in [-0.25, -0.2) is 4.39 Å². The van der Waals surface area contributed by atoms with E-state index in [4.69, 9.17) is 0 Å². The summed E-state index contributed by atoms with van der Waals surface area (Å²) in [5.41, 5.74) is 0.545. The number of hydrogen-bond donors (Lipinski definition) is 0. The largest absolute Gasteiger partial charge is 0.342 e. The van der Waals surface area contributed by atoms with E-state index in [1.165, 1.54) is 6.07 Å². The molecule has 0 radical (unpaired) electrons. The Hall–Kier alpha value is -2.16. The maximum atomic E-state index is 13.7. The molecule has 20 heavy (non-hydrogen) atoms. The van der Waals surface area contributed by atoms with Gasteiger partial charge in [-0.15, -0.1) is 6.58 Å². The molecule has 0 bridgehead atoms. The van der Waals surface area contributed by atoms with Gasteiger partial charge in [0.05, 0.1) is 0 Å². The topological polar surface area (TPSA) is 20.3 Å². The van der Waals surface area contributed by atoms with E-state index in [0.29, 0.717) is 22.9 Å². The number of carbonyl (C=O) groups is 1. The molecule has 2 aromatic carbocycles. The van der Waals surface area contributed by atoms with E-state index < -0.39 is 0 Å². The molecule has 1 amide bonds. The maximum absolute atomic E-state index is 13.7. The van der Waals surface area contributed by atoms with Crippen LogP contribution in [0.2, 0.25) is 0 Å². The predicted molar refractivity (Wildman–Crippen MR) is 80.3 cm³/mol. The molecule has 0 heterocycles. The molecular formula is C17H18FNO. The van der Waals surface area contributed by atoms with Gasteiger partial charge in [-0.2, -0.15) is 0 Å². The highest BCUT2D eigenvalue weighted by molar-refractivity contribution is 6.07. The Morgan fingerprint density at radius 1 is 1.25 bits per heavy atom. The van der Waals surface area contributed by atoms with Crippen LogP contribution in [0.4, 0.5) is 4.39 Å². The summed E-state index contributed by atoms with van der Waals surface area (Å²) in [5.74, 6) is -0.378. The molecule has 2 nitrogen and oxygen atoms in total. The van der Waals surface area contributed by atoms with E-state index in [9.17, 15) is 9.18 Å². The maximum Gasteiger partial charge on any atom is 0.254 e. The van der Waals surface area contributed by atoms with Crippen molar-refractivity contribution in [3.05, 3.63) is 60.4 Å². The summed E-state index contributed by atoms with van der Waals surface area (Å²) in [6.07, 6.45) is 3.60. The average molecular weight is 271 g/mol. The summed E-state index contributed by atoms with van der Waals surface area (Å²) in [6.45, 7) is 4.33. The van der Waals surface area contributed by atoms with E-state index >= 15 is 0 Å². The van der Waals surface area contributed by atoms with Crippen LogP contribution in [0.25, 0.3) is 10.8 Å². The third-order valence-electron chi connectivity index (χ3n) is 3.35. The fourth-order valence-electron chi connectivity index (χ4n) is 2.23. The summed E-state index contributed by atoms with van der Waals surface area (Å²) < 4.78 is 13.7. The second-order valence-electron chi connectivity index (χ2n) is 4.80. The lowest BCUT2D eigenvalue weighted by molar-refractivity contribution is 0.0796. The van der Waals surface area contributed by atoms with Crippen LogP contribution in [0, 0.1) is 5.82 Å². The van der Waals surface area contributed by atoms with Gasteiger partial charge in [-0.3, -0.25) is 4.79 Å². The summed E-state index contributed by atoms with van der Waals surface area (Å²) >= 11 is 0. The number of carbonyl (C=O) groups excluding carboxylic acids is 1. The number of unbranched alkanes of at least 4 members (excludes halogenated alkanes) is 1. The van der Waals surface area contributed by atoms with Crippen LogP contribution in [0.1, 0.15) is 23.2 Å². The fraction of sp³-hybridized carbons (Fsp3) is 0.235. The third-order valence-corrected chi connectivity index (χ3v) is 3.35. The van der Waals surface area contributed by atoms with Gasteiger partial charge in [0.1, 0.15) is 5.82 Å². The Morgan fingerprint density at radius 2 is 1.95 bits per heavy atom. The monoisotopic (exact) mass is 271 g/mol. The number of allylic oxidation sites excluding steroid dienone is 1. The van der Waals surface area contributed by atoms with Gasteiger partial charge >= 0.3 is 0 Å². The molecule has 2 aromatic rings. The first kappa shape index (κ1) is 14.3. The van der Waals surface area contributed by atoms with Crippen molar-refractivity contribution in [2.75, 3.05) is 13.6 Å². The summed E-state index contributed by atoms with van der Waals surface area (Å²) in [7, 11) is 1.77. The first-order valence-electron chi connectivity index (χ1n) is 6.68. The van der Waals surface area contributed by atoms with Crippen LogP contribution >= 0.6 is 0 Å². The Labute approximate surface area is 118 Å². The van der Waals surface area contributed by atoms with Gasteiger partial charge in [-0.1, -0.05) is 30.3 Å². The number of hydrogen-bond acceptors (Lipinski definition) is 1. The summed E-state index contributed by atoms with van der Waals surface area (Å²) in [4.78, 5) is 14.1. The van der Waals surface area contributed by atoms with Gasteiger partial charge in [0, 0.05) is 24.5 Å². The lowest BCUT2D eigenvalue weighted by Gasteiger charge is -2.18. The number of benzene rings is 2. The Balaban J connectivity index is 2.30. The van der Waals surface area contributed by atoms with Crippen LogP contribution in [0.5, 0.6) is 0 Å². The molecule has 0 aliphatic rings. The minimum absolute atomic E-state index is 0.0785. The van der Waals surface area contributed by atoms with Crippen LogP contribution in [-0.4, -0.2) is 24.4 Å². The smallest absolute Gasteiger partial charge is 0.254 e. The number of halogens is 1. The average Bonchev–Trinajstić information content (AvgIpc) is 2.47. The molecule has 104 valence electrons. The lowest BCUT2D eigenvalue weighted by atomic mass is 10.0. The van der Waals surface area contributed by atoms with Gasteiger partial charge in [0.25, 0.3) is 5.91 Å². The number of fused-ring (bicyclic) bond motifs is 1. The van der Waals surface area contributed by atoms with Crippen molar-refractivity contribution in [1.29, 1.82) is 0 Å². The molecule has 0 fully saturated rings. The van der Waals surface area contributed by atoms with Gasteiger partial charge in [0.15, 0.2) is 0 Å². The highest BCUT2D eigenvalue weighted by Crippen LogP contribution is 2.22. The normalized spacial score (nSPS) is 10.5. The standard InChI is InChI=1S/C17H18FNO/c1-3-4-7-12-19(2)17(20)15-10-11-16(18)14-9-6-5-8-13(14)15/h3,5-6,8-11H,1,4,7,12H2,2H3. The zero-order valence-corrected chi connectivity index (χ0v) is 11.6. The molecule has 0 aromatic heterocycles. The van der Waals surface area contributed by atoms with Crippen molar-refractivity contribution in [1.82, 2.24) is 4.90 Å². The van der Waals surface area contributed by atoms with E-state index in [1.54, 1.807) is 36.2 Å². The molecule has 0 aliphatic heterocycles. The van der Waals surface area contributed by atoms with Crippen LogP contribution in [0.3, 0.4) is 0 Å². The lowest BCUT2D eigenvalue weighted by Crippen LogP contribution is -2.27. The molecule has 0 aliphatic carbocycles. The SMILES string of the molecule is C=CCCCN(C)C(=O)c1ccc(F)c2ccccc12. The van der Waals surface area contributed by atoms with Gasteiger partial charge < -0.3 is 4.90 Å². The Bertz CT molecular complexity index is 636. The van der Waals surface area contributed by atoms with Crippen LogP contribution < -0.4 is 0 Å². The van der Waals surface area contributed by atoms with Crippen molar-refractivity contribution >= 4 is 16.7 Å². The predicted octanol–water partition coefficient (Wildman–Crippen LogP) is 4.02.